The van der Waals surface area contributed by atoms with E-state index >= 15 is 0 Å². The molecule has 11 heteroatoms. The highest BCUT2D eigenvalue weighted by atomic mass is 32.2. The molecule has 1 saturated heterocycles. The highest BCUT2D eigenvalue weighted by Gasteiger charge is 2.67. The Kier molecular flexibility index (Phi) is 9.31. The Morgan fingerprint density at radius 1 is 1.00 bits per heavy atom. The van der Waals surface area contributed by atoms with E-state index in [1.54, 1.807) is 24.3 Å². The quantitative estimate of drug-likeness (QED) is 0.355. The van der Waals surface area contributed by atoms with Gasteiger partial charge in [-0.2, -0.15) is 8.42 Å². The topological polar surface area (TPSA) is 124 Å². The van der Waals surface area contributed by atoms with E-state index in [2.05, 4.69) is 16.5 Å². The second-order valence-electron chi connectivity index (χ2n) is 11.6. The molecule has 0 spiro atoms. The van der Waals surface area contributed by atoms with Gasteiger partial charge in [-0.15, -0.1) is 0 Å². The van der Waals surface area contributed by atoms with Gasteiger partial charge in [0.15, 0.2) is 0 Å². The molecule has 3 aliphatic rings. The molecule has 2 aliphatic carbocycles. The van der Waals surface area contributed by atoms with Gasteiger partial charge in [0.05, 0.1) is 22.4 Å². The zero-order valence-corrected chi connectivity index (χ0v) is 24.9. The maximum atomic E-state index is 14.3. The minimum absolute atomic E-state index is 0.0475. The van der Waals surface area contributed by atoms with Crippen molar-refractivity contribution in [2.45, 2.75) is 74.2 Å². The molecule has 8 nitrogen and oxygen atoms in total. The van der Waals surface area contributed by atoms with Crippen LogP contribution in [0.4, 0.5) is 10.1 Å². The van der Waals surface area contributed by atoms with Gasteiger partial charge >= 0.3 is 0 Å². The van der Waals surface area contributed by atoms with Crippen molar-refractivity contribution in [1.82, 2.24) is 4.90 Å². The average molecular weight is 597 g/mol. The normalized spacial score (nSPS) is 25.9. The van der Waals surface area contributed by atoms with Crippen LogP contribution in [0.15, 0.2) is 53.4 Å². The first-order valence-electron chi connectivity index (χ1n) is 14.0. The first kappa shape index (κ1) is 30.9. The van der Waals surface area contributed by atoms with Gasteiger partial charge in [-0.1, -0.05) is 44.4 Å². The SMILES string of the molecule is CCC1(c2cc(F)cc(NS(C)(=O)=O)c2)C2CN(CCCC3(O)CCCCC3)CC21.O=S(=O)(O)c1ccccc1. The number of piperidine rings is 1. The smallest absolute Gasteiger partial charge is 0.294 e. The van der Waals surface area contributed by atoms with E-state index in [1.807, 2.05) is 6.07 Å². The molecule has 0 bridgehead atoms. The van der Waals surface area contributed by atoms with Gasteiger partial charge in [0.25, 0.3) is 10.1 Å². The molecule has 2 aromatic rings. The molecule has 2 aromatic carbocycles. The van der Waals surface area contributed by atoms with E-state index in [9.17, 15) is 26.3 Å². The van der Waals surface area contributed by atoms with Crippen molar-refractivity contribution in [3.05, 3.63) is 59.9 Å². The van der Waals surface area contributed by atoms with Crippen LogP contribution in [0.2, 0.25) is 0 Å². The molecule has 0 aromatic heterocycles. The van der Waals surface area contributed by atoms with E-state index in [-0.39, 0.29) is 10.3 Å². The molecule has 3 fully saturated rings. The Bertz CT molecular complexity index is 1370. The van der Waals surface area contributed by atoms with Gasteiger partial charge in [-0.25, -0.2) is 12.8 Å². The number of nitrogens with one attached hydrogen (secondary N) is 1. The third-order valence-electron chi connectivity index (χ3n) is 8.88. The maximum Gasteiger partial charge on any atom is 0.294 e. The molecule has 2 saturated carbocycles. The number of hydrogen-bond acceptors (Lipinski definition) is 6. The van der Waals surface area contributed by atoms with Gasteiger partial charge in [0.1, 0.15) is 5.82 Å². The Labute approximate surface area is 237 Å². The lowest BCUT2D eigenvalue weighted by Gasteiger charge is -2.33. The lowest BCUT2D eigenvalue weighted by atomic mass is 9.81. The van der Waals surface area contributed by atoms with Crippen molar-refractivity contribution >= 4 is 25.8 Å². The minimum Gasteiger partial charge on any atom is -0.390 e. The summed E-state index contributed by atoms with van der Waals surface area (Å²) in [6, 6.07) is 12.1. The number of rotatable bonds is 9. The van der Waals surface area contributed by atoms with Gasteiger partial charge in [0, 0.05) is 18.5 Å². The Balaban J connectivity index is 0.000000312. The highest BCUT2D eigenvalue weighted by Crippen LogP contribution is 2.65. The third kappa shape index (κ3) is 7.42. The zero-order valence-electron chi connectivity index (χ0n) is 23.2. The van der Waals surface area contributed by atoms with Crippen molar-refractivity contribution < 1.29 is 30.9 Å². The molecule has 3 N–H and O–H groups in total. The number of hydrogen-bond donors (Lipinski definition) is 3. The van der Waals surface area contributed by atoms with Crippen molar-refractivity contribution in [3.8, 4) is 0 Å². The van der Waals surface area contributed by atoms with Crippen LogP contribution >= 0.6 is 0 Å². The summed E-state index contributed by atoms with van der Waals surface area (Å²) in [5.41, 5.74) is 0.734. The molecule has 2 atom stereocenters. The standard InChI is InChI=1S/C23H35FN2O3S.C6H6O3S/c1-3-23(17-12-18(24)14-19(13-17)25-30(2,28)29)20-15-26(16-21(20)23)11-7-10-22(27)8-5-4-6-9-22;7-10(8,9)6-4-2-1-3-5-6/h12-14,20-21,25,27H,3-11,15-16H2,1-2H3;1-5H,(H,7,8,9). The summed E-state index contributed by atoms with van der Waals surface area (Å²) in [7, 11) is -7.44. The lowest BCUT2D eigenvalue weighted by molar-refractivity contribution is -0.00722. The molecular formula is C29H41FN2O6S2. The Morgan fingerprint density at radius 2 is 1.62 bits per heavy atom. The Hall–Kier alpha value is -2.05. The molecule has 1 heterocycles. The van der Waals surface area contributed by atoms with Crippen LogP contribution in [0.25, 0.3) is 0 Å². The van der Waals surface area contributed by atoms with Crippen LogP contribution < -0.4 is 4.72 Å². The van der Waals surface area contributed by atoms with Gasteiger partial charge in [-0.05, 0) is 86.4 Å². The largest absolute Gasteiger partial charge is 0.390 e. The van der Waals surface area contributed by atoms with E-state index < -0.39 is 31.6 Å². The molecule has 0 amide bonds. The van der Waals surface area contributed by atoms with E-state index in [0.29, 0.717) is 17.5 Å². The lowest BCUT2D eigenvalue weighted by Crippen LogP contribution is -2.34. The number of nitrogens with zero attached hydrogens (tertiary/aromatic N) is 1. The fourth-order valence-electron chi connectivity index (χ4n) is 6.97. The number of halogens is 1. The highest BCUT2D eigenvalue weighted by molar-refractivity contribution is 7.92. The number of likely N-dealkylation sites (tertiary alicyclic amines) is 1. The van der Waals surface area contributed by atoms with Crippen molar-refractivity contribution in [2.75, 3.05) is 30.6 Å². The molecule has 222 valence electrons. The van der Waals surface area contributed by atoms with Crippen molar-refractivity contribution in [3.63, 3.8) is 0 Å². The maximum absolute atomic E-state index is 14.3. The van der Waals surface area contributed by atoms with Crippen LogP contribution in [0.3, 0.4) is 0 Å². The van der Waals surface area contributed by atoms with E-state index in [1.165, 1.54) is 24.6 Å². The van der Waals surface area contributed by atoms with Crippen molar-refractivity contribution in [2.24, 2.45) is 11.8 Å². The van der Waals surface area contributed by atoms with Crippen LogP contribution in [0, 0.1) is 17.7 Å². The Morgan fingerprint density at radius 3 is 2.15 bits per heavy atom. The molecule has 2 unspecified atom stereocenters. The fraction of sp³-hybridized carbons (Fsp3) is 0.586. The molecular weight excluding hydrogens is 555 g/mol. The van der Waals surface area contributed by atoms with Crippen LogP contribution in [-0.4, -0.2) is 62.9 Å². The third-order valence-corrected chi connectivity index (χ3v) is 10.3. The summed E-state index contributed by atoms with van der Waals surface area (Å²) >= 11 is 0. The minimum atomic E-state index is -4.00. The van der Waals surface area contributed by atoms with Gasteiger partial charge in [-0.3, -0.25) is 9.27 Å². The summed E-state index contributed by atoms with van der Waals surface area (Å²) in [5.74, 6) is 0.593. The monoisotopic (exact) mass is 596 g/mol. The summed E-state index contributed by atoms with van der Waals surface area (Å²) in [4.78, 5) is 2.42. The van der Waals surface area contributed by atoms with Crippen molar-refractivity contribution in [1.29, 1.82) is 0 Å². The van der Waals surface area contributed by atoms with E-state index in [4.69, 9.17) is 4.55 Å². The van der Waals surface area contributed by atoms with Crippen LogP contribution in [0.5, 0.6) is 0 Å². The zero-order chi connectivity index (χ0) is 29.2. The number of fused-ring (bicyclic) bond motifs is 1. The molecule has 0 radical (unpaired) electrons. The van der Waals surface area contributed by atoms with Crippen LogP contribution in [-0.2, 0) is 25.6 Å². The first-order valence-corrected chi connectivity index (χ1v) is 17.3. The number of benzene rings is 2. The average Bonchev–Trinajstić information content (AvgIpc) is 3.25. The molecule has 40 heavy (non-hydrogen) atoms. The summed E-state index contributed by atoms with van der Waals surface area (Å²) in [6.07, 6.45) is 9.36. The number of aliphatic hydroxyl groups is 1. The first-order chi connectivity index (χ1) is 18.8. The summed E-state index contributed by atoms with van der Waals surface area (Å²) < 4.78 is 69.1. The number of sulfonamides is 1. The van der Waals surface area contributed by atoms with Gasteiger partial charge < -0.3 is 10.0 Å². The summed E-state index contributed by atoms with van der Waals surface area (Å²) in [5, 5.41) is 10.7. The predicted octanol–water partition coefficient (Wildman–Crippen LogP) is 4.82. The van der Waals surface area contributed by atoms with E-state index in [0.717, 1.165) is 76.4 Å². The number of anilines is 1. The second-order valence-corrected chi connectivity index (χ2v) is 14.8. The fourth-order valence-corrected chi connectivity index (χ4v) is 8.02. The van der Waals surface area contributed by atoms with Crippen LogP contribution in [0.1, 0.15) is 63.9 Å². The second kappa shape index (κ2) is 12.1. The predicted molar refractivity (Wildman–Crippen MR) is 154 cm³/mol. The summed E-state index contributed by atoms with van der Waals surface area (Å²) in [6.45, 7) is 5.17. The molecule has 5 rings (SSSR count). The molecule has 1 aliphatic heterocycles. The van der Waals surface area contributed by atoms with Gasteiger partial charge in [0.2, 0.25) is 10.0 Å².